The Morgan fingerprint density at radius 2 is 2.12 bits per heavy atom. The number of thiazole rings is 1. The van der Waals surface area contributed by atoms with Crippen molar-refractivity contribution < 1.29 is 9.90 Å². The van der Waals surface area contributed by atoms with Gasteiger partial charge in [-0.3, -0.25) is 9.69 Å². The molecule has 2 aliphatic rings. The number of rotatable bonds is 6. The maximum absolute atomic E-state index is 12.9. The SMILES string of the molecule is CSc1nc(C(=O)N2CCC(N3CCN(C)CC3)C(CCCO)C2)cs1. The molecule has 8 heteroatoms. The summed E-state index contributed by atoms with van der Waals surface area (Å²) in [5, 5.41) is 11.2. The lowest BCUT2D eigenvalue weighted by Gasteiger charge is -2.46. The Balaban J connectivity index is 1.65. The lowest BCUT2D eigenvalue weighted by Crippen LogP contribution is -2.57. The number of piperidine rings is 1. The molecule has 1 amide bonds. The Bertz CT molecular complexity index is 590. The van der Waals surface area contributed by atoms with E-state index in [-0.39, 0.29) is 12.5 Å². The van der Waals surface area contributed by atoms with Crippen LogP contribution >= 0.6 is 23.1 Å². The van der Waals surface area contributed by atoms with Crippen molar-refractivity contribution in [2.24, 2.45) is 5.92 Å². The van der Waals surface area contributed by atoms with Crippen LogP contribution < -0.4 is 0 Å². The van der Waals surface area contributed by atoms with Crippen LogP contribution in [0.15, 0.2) is 9.72 Å². The zero-order chi connectivity index (χ0) is 18.5. The van der Waals surface area contributed by atoms with Crippen molar-refractivity contribution in [2.75, 3.05) is 59.2 Å². The fourth-order valence-electron chi connectivity index (χ4n) is 4.09. The van der Waals surface area contributed by atoms with Crippen LogP contribution in [-0.4, -0.2) is 95.9 Å². The summed E-state index contributed by atoms with van der Waals surface area (Å²) in [6, 6.07) is 0.525. The van der Waals surface area contributed by atoms with Crippen LogP contribution in [0.3, 0.4) is 0 Å². The third kappa shape index (κ3) is 4.78. The van der Waals surface area contributed by atoms with Gasteiger partial charge in [-0.25, -0.2) is 4.98 Å². The number of nitrogens with zero attached hydrogens (tertiary/aromatic N) is 4. The first-order chi connectivity index (χ1) is 12.6. The monoisotopic (exact) mass is 398 g/mol. The highest BCUT2D eigenvalue weighted by Crippen LogP contribution is 2.29. The van der Waals surface area contributed by atoms with E-state index in [2.05, 4.69) is 21.8 Å². The Morgan fingerprint density at radius 3 is 2.77 bits per heavy atom. The molecule has 0 spiro atoms. The smallest absolute Gasteiger partial charge is 0.273 e. The van der Waals surface area contributed by atoms with Crippen LogP contribution in [-0.2, 0) is 0 Å². The Morgan fingerprint density at radius 1 is 1.35 bits per heavy atom. The lowest BCUT2D eigenvalue weighted by atomic mass is 9.86. The van der Waals surface area contributed by atoms with E-state index in [9.17, 15) is 9.90 Å². The van der Waals surface area contributed by atoms with Crippen molar-refractivity contribution in [3.63, 3.8) is 0 Å². The number of likely N-dealkylation sites (tertiary alicyclic amines) is 1. The van der Waals surface area contributed by atoms with Crippen molar-refractivity contribution in [3.8, 4) is 0 Å². The van der Waals surface area contributed by atoms with Gasteiger partial charge in [-0.1, -0.05) is 11.8 Å². The van der Waals surface area contributed by atoms with E-state index in [1.165, 1.54) is 11.3 Å². The maximum Gasteiger partial charge on any atom is 0.273 e. The molecule has 2 fully saturated rings. The average molecular weight is 399 g/mol. The van der Waals surface area contributed by atoms with Crippen molar-refractivity contribution in [2.45, 2.75) is 29.6 Å². The van der Waals surface area contributed by atoms with Gasteiger partial charge in [0.15, 0.2) is 0 Å². The minimum absolute atomic E-state index is 0.0624. The molecule has 1 aromatic heterocycles. The summed E-state index contributed by atoms with van der Waals surface area (Å²) < 4.78 is 0.942. The second-order valence-electron chi connectivity index (χ2n) is 7.28. The van der Waals surface area contributed by atoms with E-state index in [0.29, 0.717) is 17.7 Å². The average Bonchev–Trinajstić information content (AvgIpc) is 3.15. The summed E-state index contributed by atoms with van der Waals surface area (Å²) in [6.07, 6.45) is 4.79. The molecule has 1 N–H and O–H groups in total. The molecule has 1 aromatic rings. The van der Waals surface area contributed by atoms with E-state index in [1.54, 1.807) is 11.8 Å². The minimum atomic E-state index is 0.0624. The van der Waals surface area contributed by atoms with Crippen molar-refractivity contribution in [1.82, 2.24) is 19.7 Å². The third-order valence-corrected chi connectivity index (χ3v) is 7.46. The first-order valence-electron chi connectivity index (χ1n) is 9.44. The number of aliphatic hydroxyl groups is 1. The minimum Gasteiger partial charge on any atom is -0.396 e. The molecule has 2 saturated heterocycles. The molecule has 0 aromatic carbocycles. The van der Waals surface area contributed by atoms with Gasteiger partial charge in [-0.15, -0.1) is 11.3 Å². The topological polar surface area (TPSA) is 59.9 Å². The largest absolute Gasteiger partial charge is 0.396 e. The molecule has 0 bridgehead atoms. The fraction of sp³-hybridized carbons (Fsp3) is 0.778. The van der Waals surface area contributed by atoms with Gasteiger partial charge < -0.3 is 14.9 Å². The van der Waals surface area contributed by atoms with E-state index >= 15 is 0 Å². The number of thioether (sulfide) groups is 1. The molecular formula is C18H30N4O2S2. The highest BCUT2D eigenvalue weighted by molar-refractivity contribution is 8.00. The number of carbonyl (C=O) groups excluding carboxylic acids is 1. The summed E-state index contributed by atoms with van der Waals surface area (Å²) in [6.45, 7) is 6.24. The summed E-state index contributed by atoms with van der Waals surface area (Å²) in [7, 11) is 2.18. The quantitative estimate of drug-likeness (QED) is 0.737. The Labute approximate surface area is 164 Å². The molecule has 3 rings (SSSR count). The molecular weight excluding hydrogens is 368 g/mol. The summed E-state index contributed by atoms with van der Waals surface area (Å²) >= 11 is 3.12. The number of carbonyl (C=O) groups is 1. The number of amides is 1. The van der Waals surface area contributed by atoms with Gasteiger partial charge in [0, 0.05) is 57.3 Å². The number of aliphatic hydroxyl groups excluding tert-OH is 1. The molecule has 2 atom stereocenters. The van der Waals surface area contributed by atoms with Gasteiger partial charge in [0.05, 0.1) is 0 Å². The van der Waals surface area contributed by atoms with Crippen LogP contribution in [0.25, 0.3) is 0 Å². The lowest BCUT2D eigenvalue weighted by molar-refractivity contribution is 0.0215. The molecule has 2 unspecified atom stereocenters. The van der Waals surface area contributed by atoms with Gasteiger partial charge >= 0.3 is 0 Å². The van der Waals surface area contributed by atoms with Crippen LogP contribution in [0.2, 0.25) is 0 Å². The first-order valence-corrected chi connectivity index (χ1v) is 11.5. The number of hydrogen-bond acceptors (Lipinski definition) is 7. The predicted octanol–water partition coefficient (Wildman–Crippen LogP) is 1.72. The molecule has 0 radical (unpaired) electrons. The van der Waals surface area contributed by atoms with Crippen molar-refractivity contribution in [1.29, 1.82) is 0 Å². The number of hydrogen-bond donors (Lipinski definition) is 1. The van der Waals surface area contributed by atoms with Gasteiger partial charge in [0.25, 0.3) is 5.91 Å². The molecule has 3 heterocycles. The standard InChI is InChI=1S/C18H30N4O2S2/c1-20-7-9-21(10-8-20)16-5-6-22(12-14(16)4-3-11-23)17(24)15-13-26-18(19-15)25-2/h13-14,16,23H,3-12H2,1-2H3. The van der Waals surface area contributed by atoms with Crippen molar-refractivity contribution in [3.05, 3.63) is 11.1 Å². The maximum atomic E-state index is 12.9. The van der Waals surface area contributed by atoms with Gasteiger partial charge in [0.1, 0.15) is 10.0 Å². The Kier molecular flexibility index (Phi) is 7.34. The van der Waals surface area contributed by atoms with Crippen LogP contribution in [0, 0.1) is 5.92 Å². The van der Waals surface area contributed by atoms with Crippen LogP contribution in [0.4, 0.5) is 0 Å². The highest BCUT2D eigenvalue weighted by Gasteiger charge is 2.36. The summed E-state index contributed by atoms with van der Waals surface area (Å²) in [5.41, 5.74) is 0.582. The molecule has 0 saturated carbocycles. The van der Waals surface area contributed by atoms with Gasteiger partial charge in [0.2, 0.25) is 0 Å². The zero-order valence-electron chi connectivity index (χ0n) is 15.8. The normalized spacial score (nSPS) is 25.6. The van der Waals surface area contributed by atoms with Crippen LogP contribution in [0.5, 0.6) is 0 Å². The van der Waals surface area contributed by atoms with E-state index < -0.39 is 0 Å². The van der Waals surface area contributed by atoms with Gasteiger partial charge in [-0.2, -0.15) is 0 Å². The summed E-state index contributed by atoms with van der Waals surface area (Å²) in [5.74, 6) is 0.495. The summed E-state index contributed by atoms with van der Waals surface area (Å²) in [4.78, 5) is 24.3. The number of likely N-dealkylation sites (N-methyl/N-ethyl adjacent to an activating group) is 1. The molecule has 26 heavy (non-hydrogen) atoms. The second kappa shape index (κ2) is 9.50. The zero-order valence-corrected chi connectivity index (χ0v) is 17.4. The second-order valence-corrected chi connectivity index (χ2v) is 9.19. The van der Waals surface area contributed by atoms with Crippen LogP contribution in [0.1, 0.15) is 29.8 Å². The molecule has 0 aliphatic carbocycles. The molecule has 146 valence electrons. The first kappa shape index (κ1) is 20.1. The van der Waals surface area contributed by atoms with E-state index in [1.807, 2.05) is 16.5 Å². The molecule has 6 nitrogen and oxygen atoms in total. The van der Waals surface area contributed by atoms with Crippen molar-refractivity contribution >= 4 is 29.0 Å². The fourth-order valence-corrected chi connectivity index (χ4v) is 5.32. The Hall–Kier alpha value is -0.670. The molecule has 2 aliphatic heterocycles. The van der Waals surface area contributed by atoms with E-state index in [4.69, 9.17) is 0 Å². The third-order valence-electron chi connectivity index (χ3n) is 5.60. The van der Waals surface area contributed by atoms with Gasteiger partial charge in [-0.05, 0) is 38.5 Å². The number of aromatic nitrogens is 1. The van der Waals surface area contributed by atoms with E-state index in [0.717, 1.165) is 62.9 Å². The predicted molar refractivity (Wildman–Crippen MR) is 107 cm³/mol. The highest BCUT2D eigenvalue weighted by atomic mass is 32.2. The number of piperazine rings is 1.